The largest absolute Gasteiger partial charge is 1.00 e. The van der Waals surface area contributed by atoms with Gasteiger partial charge in [0.05, 0.1) is 25.4 Å². The van der Waals surface area contributed by atoms with Crippen LogP contribution in [-0.2, 0) is 23.7 Å². The van der Waals surface area contributed by atoms with Gasteiger partial charge in [0.15, 0.2) is 12.6 Å². The number of hydrogen-bond acceptors (Lipinski definition) is 12. The van der Waals surface area contributed by atoms with Crippen LogP contribution in [0.1, 0.15) is 113 Å². The topological polar surface area (TPSA) is 198 Å². The third-order valence-electron chi connectivity index (χ3n) is 17.0. The van der Waals surface area contributed by atoms with Crippen molar-refractivity contribution in [2.24, 2.45) is 50.2 Å². The minimum atomic E-state index is -1.62. The summed E-state index contributed by atoms with van der Waals surface area (Å²) in [6, 6.07) is 0. The minimum absolute atomic E-state index is 0. The molecule has 5 aliphatic carbocycles. The monoisotopic (exact) mass is 772 g/mol. The summed E-state index contributed by atoms with van der Waals surface area (Å²) in [5.41, 5.74) is -0.486. The summed E-state index contributed by atoms with van der Waals surface area (Å²) in [4.78, 5) is 12.9. The van der Waals surface area contributed by atoms with Crippen molar-refractivity contribution in [3.63, 3.8) is 0 Å². The van der Waals surface area contributed by atoms with Crippen molar-refractivity contribution < 1.29 is 89.0 Å². The van der Waals surface area contributed by atoms with Gasteiger partial charge in [-0.05, 0) is 111 Å². The van der Waals surface area contributed by atoms with E-state index in [9.17, 15) is 40.5 Å². The van der Waals surface area contributed by atoms with Gasteiger partial charge in [0.25, 0.3) is 0 Å². The number of hydrogen-bond donors (Lipinski definition) is 6. The number of aliphatic hydroxyl groups is 6. The molecule has 54 heavy (non-hydrogen) atoms. The second-order valence-corrected chi connectivity index (χ2v) is 20.0. The molecule has 0 bridgehead atoms. The van der Waals surface area contributed by atoms with Gasteiger partial charge in [0.1, 0.15) is 36.6 Å². The number of carbonyl (C=O) groups is 1. The van der Waals surface area contributed by atoms with Gasteiger partial charge >= 0.3 is 29.6 Å². The number of allylic oxidation sites excluding steroid dienone is 2. The van der Waals surface area contributed by atoms with E-state index in [0.29, 0.717) is 25.2 Å². The Balaban J connectivity index is 0.00000497. The van der Waals surface area contributed by atoms with Gasteiger partial charge in [-0.1, -0.05) is 53.2 Å². The van der Waals surface area contributed by atoms with E-state index in [4.69, 9.17) is 18.9 Å². The molecule has 7 aliphatic rings. The zero-order chi connectivity index (χ0) is 38.7. The fourth-order valence-electron chi connectivity index (χ4n) is 13.3. The third kappa shape index (κ3) is 6.38. The van der Waals surface area contributed by atoms with E-state index in [0.717, 1.165) is 44.9 Å². The van der Waals surface area contributed by atoms with Gasteiger partial charge < -0.3 is 59.5 Å². The summed E-state index contributed by atoms with van der Waals surface area (Å²) in [6.07, 6.45) is -2.16. The van der Waals surface area contributed by atoms with E-state index in [1.807, 2.05) is 0 Å². The van der Waals surface area contributed by atoms with Crippen LogP contribution in [0.25, 0.3) is 0 Å². The number of fused-ring (bicyclic) bond motifs is 7. The average molecular weight is 773 g/mol. The van der Waals surface area contributed by atoms with Gasteiger partial charge in [-0.25, -0.2) is 0 Å². The van der Waals surface area contributed by atoms with Crippen molar-refractivity contribution in [3.8, 4) is 0 Å². The van der Waals surface area contributed by atoms with Crippen LogP contribution in [0, 0.1) is 50.2 Å². The first-order chi connectivity index (χ1) is 24.7. The van der Waals surface area contributed by atoms with Crippen LogP contribution in [0.2, 0.25) is 0 Å². The number of ether oxygens (including phenoxy) is 4. The Morgan fingerprint density at radius 2 is 1.54 bits per heavy atom. The van der Waals surface area contributed by atoms with E-state index >= 15 is 0 Å². The van der Waals surface area contributed by atoms with Crippen molar-refractivity contribution in [2.45, 2.75) is 174 Å². The molecule has 0 aromatic carbocycles. The summed E-state index contributed by atoms with van der Waals surface area (Å²) in [5.74, 6) is -0.532. The zero-order valence-corrected chi connectivity index (χ0v) is 35.7. The molecule has 6 N–H and O–H groups in total. The fourth-order valence-corrected chi connectivity index (χ4v) is 13.3. The third-order valence-corrected chi connectivity index (χ3v) is 17.0. The summed E-state index contributed by atoms with van der Waals surface area (Å²) in [5, 5.41) is 77.1. The predicted octanol–water partition coefficient (Wildman–Crippen LogP) is -0.810. The van der Waals surface area contributed by atoms with Gasteiger partial charge in [0, 0.05) is 16.8 Å². The number of rotatable bonds is 6. The summed E-state index contributed by atoms with van der Waals surface area (Å²) in [6.45, 7) is 15.0. The van der Waals surface area contributed by atoms with Crippen LogP contribution < -0.4 is 34.7 Å². The maximum atomic E-state index is 12.9. The minimum Gasteiger partial charge on any atom is -0.550 e. The molecule has 2 aliphatic heterocycles. The molecular formula is C41H65NaO12. The van der Waals surface area contributed by atoms with E-state index in [2.05, 4.69) is 47.6 Å². The molecule has 0 aromatic heterocycles. The first-order valence-electron chi connectivity index (χ1n) is 20.2. The molecule has 2 heterocycles. The quantitative estimate of drug-likeness (QED) is 0.112. The summed E-state index contributed by atoms with van der Waals surface area (Å²) in [7, 11) is 0. The second-order valence-electron chi connectivity index (χ2n) is 20.0. The van der Waals surface area contributed by atoms with Gasteiger partial charge in [-0.3, -0.25) is 0 Å². The molecule has 4 saturated carbocycles. The van der Waals surface area contributed by atoms with E-state index in [-0.39, 0.29) is 76.3 Å². The molecule has 13 heteroatoms. The van der Waals surface area contributed by atoms with Crippen LogP contribution in [0.3, 0.4) is 0 Å². The number of carbonyl (C=O) groups excluding carboxylic acids is 1. The van der Waals surface area contributed by atoms with Crippen LogP contribution in [-0.4, -0.2) is 111 Å². The molecule has 0 amide bonds. The maximum Gasteiger partial charge on any atom is 1.00 e. The van der Waals surface area contributed by atoms with Crippen LogP contribution in [0.4, 0.5) is 0 Å². The Bertz CT molecular complexity index is 1440. The van der Waals surface area contributed by atoms with Gasteiger partial charge in [0.2, 0.25) is 0 Å². The van der Waals surface area contributed by atoms with Crippen molar-refractivity contribution in [2.75, 3.05) is 13.2 Å². The Labute approximate surface area is 342 Å². The number of aliphatic hydroxyl groups excluding tert-OH is 6. The molecule has 0 radical (unpaired) electrons. The summed E-state index contributed by atoms with van der Waals surface area (Å²) < 4.78 is 24.3. The maximum absolute atomic E-state index is 12.9. The summed E-state index contributed by atoms with van der Waals surface area (Å²) >= 11 is 0. The van der Waals surface area contributed by atoms with E-state index < -0.39 is 78.2 Å². The Morgan fingerprint density at radius 1 is 0.852 bits per heavy atom. The number of carboxylic acid groups (broad SMARTS) is 1. The van der Waals surface area contributed by atoms with Gasteiger partial charge in [-0.15, -0.1) is 0 Å². The molecule has 0 unspecified atom stereocenters. The standard InChI is InChI=1S/C41H66O12.Na/c1-21-28(44)30(46)31(47)33(51-21)53-32-29(45)24(43)19-50-34(32)52-27-11-12-37(4)25(38(27,5)20-42)10-13-40(7)26(37)9-8-22-23-18-36(2,3)14-16-41(23,35(48)49)17-15-39(22,40)6;/h8,21,23-34,42-47H,9-20H2,1-7H3,(H,48,49);/q;+1/p-1/t21-,23-,24-,25+,26+,27-,28-,29-,30+,31+,32+,33-,34-,37-,38-,39+,40+,41-;/m0./s1. The molecule has 7 rings (SSSR count). The predicted molar refractivity (Wildman–Crippen MR) is 189 cm³/mol. The second kappa shape index (κ2) is 14.8. The molecule has 0 spiro atoms. The van der Waals surface area contributed by atoms with Crippen molar-refractivity contribution in [3.05, 3.63) is 11.6 Å². The SMILES string of the molecule is C[C@@H]1O[C@@H](O[C@H]2[C@H](O[C@H]3CC[C@@]4(C)[C@@H](CC[C@]5(C)[C@@H]4CC=C4[C@@H]6CC(C)(C)CC[C@]6(C(=O)[O-])CC[C@]45C)[C@]3(C)CO)OC[C@H](O)[C@@H]2O)[C@H](O)[C@H](O)[C@H]1O.[Na+]. The Morgan fingerprint density at radius 3 is 2.20 bits per heavy atom. The number of aliphatic carboxylic acids is 1. The van der Waals surface area contributed by atoms with Crippen LogP contribution in [0.5, 0.6) is 0 Å². The molecular weight excluding hydrogens is 707 g/mol. The molecule has 0 aromatic rings. The van der Waals surface area contributed by atoms with E-state index in [1.54, 1.807) is 0 Å². The zero-order valence-electron chi connectivity index (χ0n) is 33.7. The van der Waals surface area contributed by atoms with E-state index in [1.165, 1.54) is 12.5 Å². The normalized spacial score (nSPS) is 54.1. The Hall–Kier alpha value is -0.190. The number of carboxylic acids is 1. The van der Waals surface area contributed by atoms with Crippen molar-refractivity contribution >= 4 is 5.97 Å². The fraction of sp³-hybridized carbons (Fsp3) is 0.927. The molecule has 12 nitrogen and oxygen atoms in total. The van der Waals surface area contributed by atoms with Crippen molar-refractivity contribution in [1.29, 1.82) is 0 Å². The molecule has 6 fully saturated rings. The first kappa shape index (κ1) is 43.4. The van der Waals surface area contributed by atoms with Crippen LogP contribution >= 0.6 is 0 Å². The average Bonchev–Trinajstić information content (AvgIpc) is 3.10. The Kier molecular flexibility index (Phi) is 11.9. The smallest absolute Gasteiger partial charge is 0.550 e. The molecule has 18 atom stereocenters. The molecule has 302 valence electrons. The molecule has 2 saturated heterocycles. The van der Waals surface area contributed by atoms with Crippen LogP contribution in [0.15, 0.2) is 11.6 Å². The van der Waals surface area contributed by atoms with Crippen molar-refractivity contribution in [1.82, 2.24) is 0 Å². The first-order valence-corrected chi connectivity index (χ1v) is 20.2. The van der Waals surface area contributed by atoms with Gasteiger partial charge in [-0.2, -0.15) is 0 Å².